The first-order valence-electron chi connectivity index (χ1n) is 12.5. The molecule has 1 amide bonds. The van der Waals surface area contributed by atoms with Crippen molar-refractivity contribution in [2.24, 2.45) is 0 Å². The first kappa shape index (κ1) is 26.9. The van der Waals surface area contributed by atoms with E-state index in [4.69, 9.17) is 15.2 Å². The Morgan fingerprint density at radius 3 is 2.40 bits per heavy atom. The second-order valence-corrected chi connectivity index (χ2v) is 9.43. The number of ether oxygens (including phenoxy) is 2. The highest BCUT2D eigenvalue weighted by molar-refractivity contribution is 5.99. The van der Waals surface area contributed by atoms with Crippen LogP contribution in [0.2, 0.25) is 0 Å². The van der Waals surface area contributed by atoms with Crippen molar-refractivity contribution in [1.82, 2.24) is 14.9 Å². The number of piperidine rings is 1. The van der Waals surface area contributed by atoms with E-state index in [1.165, 1.54) is 25.4 Å². The van der Waals surface area contributed by atoms with Crippen LogP contribution in [0.5, 0.6) is 11.6 Å². The molecule has 2 N–H and O–H groups in total. The number of hydrogen-bond acceptors (Lipinski definition) is 7. The molecule has 11 heteroatoms. The summed E-state index contributed by atoms with van der Waals surface area (Å²) in [5.41, 5.74) is 7.94. The summed E-state index contributed by atoms with van der Waals surface area (Å²) in [6.45, 7) is 0.752. The first-order chi connectivity index (χ1) is 19.1. The van der Waals surface area contributed by atoms with Crippen LogP contribution in [-0.4, -0.2) is 53.1 Å². The molecule has 1 saturated heterocycles. The third-order valence-electron chi connectivity index (χ3n) is 7.00. The molecule has 0 atom stereocenters. The molecule has 0 bridgehead atoms. The van der Waals surface area contributed by atoms with Crippen LogP contribution in [0.3, 0.4) is 0 Å². The lowest BCUT2D eigenvalue weighted by Crippen LogP contribution is -2.38. The van der Waals surface area contributed by atoms with Crippen molar-refractivity contribution in [3.05, 3.63) is 78.1 Å². The van der Waals surface area contributed by atoms with Crippen LogP contribution < -0.4 is 15.2 Å². The molecule has 4 aromatic rings. The number of nitrogens with two attached hydrogens (primary N) is 1. The molecule has 2 aromatic carbocycles. The molecule has 0 aliphatic carbocycles. The van der Waals surface area contributed by atoms with Crippen molar-refractivity contribution >= 4 is 28.5 Å². The predicted molar refractivity (Wildman–Crippen MR) is 142 cm³/mol. The van der Waals surface area contributed by atoms with E-state index < -0.39 is 23.8 Å². The highest BCUT2D eigenvalue weighted by Gasteiger charge is 2.42. The molecule has 0 unspecified atom stereocenters. The Morgan fingerprint density at radius 1 is 0.975 bits per heavy atom. The van der Waals surface area contributed by atoms with Gasteiger partial charge in [-0.1, -0.05) is 18.2 Å². The van der Waals surface area contributed by atoms with Gasteiger partial charge in [-0.25, -0.2) is 14.8 Å². The van der Waals surface area contributed by atoms with Gasteiger partial charge in [0.2, 0.25) is 5.88 Å². The number of aromatic nitrogens is 2. The maximum absolute atomic E-state index is 13.4. The number of amides is 1. The van der Waals surface area contributed by atoms with E-state index in [2.05, 4.69) is 9.97 Å². The lowest BCUT2D eigenvalue weighted by atomic mass is 9.88. The number of likely N-dealkylation sites (tertiary alicyclic amines) is 1. The van der Waals surface area contributed by atoms with Gasteiger partial charge in [0.25, 0.3) is 5.91 Å². The van der Waals surface area contributed by atoms with Crippen molar-refractivity contribution in [2.45, 2.75) is 24.9 Å². The molecule has 0 spiro atoms. The largest absolute Gasteiger partial charge is 0.491 e. The molecule has 2 aromatic heterocycles. The van der Waals surface area contributed by atoms with E-state index in [9.17, 15) is 22.8 Å². The van der Waals surface area contributed by atoms with Gasteiger partial charge in [-0.15, -0.1) is 0 Å². The van der Waals surface area contributed by atoms with Crippen LogP contribution in [0.4, 0.5) is 19.0 Å². The van der Waals surface area contributed by atoms with Crippen molar-refractivity contribution in [3.63, 3.8) is 0 Å². The lowest BCUT2D eigenvalue weighted by Gasteiger charge is -2.32. The Morgan fingerprint density at radius 2 is 1.73 bits per heavy atom. The van der Waals surface area contributed by atoms with E-state index in [0.717, 1.165) is 16.3 Å². The van der Waals surface area contributed by atoms with Gasteiger partial charge in [-0.05, 0) is 65.6 Å². The van der Waals surface area contributed by atoms with Crippen LogP contribution in [0.25, 0.3) is 21.9 Å². The second kappa shape index (κ2) is 10.8. The van der Waals surface area contributed by atoms with Crippen molar-refractivity contribution in [3.8, 4) is 22.8 Å². The average molecular weight is 551 g/mol. The summed E-state index contributed by atoms with van der Waals surface area (Å²) in [5, 5.41) is 1.85. The van der Waals surface area contributed by atoms with Crippen LogP contribution in [0.15, 0.2) is 67.0 Å². The van der Waals surface area contributed by atoms with Crippen LogP contribution >= 0.6 is 0 Å². The number of hydrogen-bond donors (Lipinski definition) is 1. The molecule has 1 aliphatic heterocycles. The number of fused-ring (bicyclic) bond motifs is 1. The van der Waals surface area contributed by atoms with Crippen molar-refractivity contribution in [2.75, 3.05) is 25.9 Å². The van der Waals surface area contributed by atoms with Gasteiger partial charge >= 0.3 is 12.1 Å². The quantitative estimate of drug-likeness (QED) is 0.263. The number of nitrogens with zero attached hydrogens (tertiary/aromatic N) is 3. The van der Waals surface area contributed by atoms with Gasteiger partial charge < -0.3 is 20.1 Å². The highest BCUT2D eigenvalue weighted by atomic mass is 19.4. The van der Waals surface area contributed by atoms with Crippen molar-refractivity contribution < 1.29 is 32.2 Å². The second-order valence-electron chi connectivity index (χ2n) is 9.43. The molecule has 0 radical (unpaired) electrons. The Labute approximate surface area is 227 Å². The molecule has 5 rings (SSSR count). The SMILES string of the molecule is COc1ccc(-c2ccc(C(=O)N3CCC(c4ccc5ccnc(N)c5c4)CC3)c(OC(=O)C(F)(F)F)c2)cn1. The molecule has 0 saturated carbocycles. The van der Waals surface area contributed by atoms with Gasteiger partial charge in [-0.2, -0.15) is 13.2 Å². The van der Waals surface area contributed by atoms with Gasteiger partial charge in [0.1, 0.15) is 11.6 Å². The number of anilines is 1. The van der Waals surface area contributed by atoms with Crippen LogP contribution in [0, 0.1) is 0 Å². The summed E-state index contributed by atoms with van der Waals surface area (Å²) in [6, 6.07) is 15.3. The van der Waals surface area contributed by atoms with E-state index in [-0.39, 0.29) is 11.5 Å². The third kappa shape index (κ3) is 5.54. The number of rotatable bonds is 5. The summed E-state index contributed by atoms with van der Waals surface area (Å²) in [5.74, 6) is -2.43. The fourth-order valence-electron chi connectivity index (χ4n) is 4.84. The van der Waals surface area contributed by atoms with Crippen molar-refractivity contribution in [1.29, 1.82) is 0 Å². The number of esters is 1. The standard InChI is InChI=1S/C29H25F3N4O4/c1-39-25-7-5-21(16-35-25)20-4-6-22(24(15-20)40-28(38)29(30,31)32)27(37)36-12-9-17(10-13-36)19-3-2-18-8-11-34-26(33)23(18)14-19/h2-8,11,14-17H,9-10,12-13H2,1H3,(H2,33,34). The van der Waals surface area contributed by atoms with E-state index in [0.29, 0.717) is 48.8 Å². The minimum atomic E-state index is -5.23. The monoisotopic (exact) mass is 550 g/mol. The van der Waals surface area contributed by atoms with Gasteiger partial charge in [-0.3, -0.25) is 4.79 Å². The van der Waals surface area contributed by atoms with Gasteiger partial charge in [0.15, 0.2) is 0 Å². The number of alkyl halides is 3. The van der Waals surface area contributed by atoms with Gasteiger partial charge in [0.05, 0.1) is 12.7 Å². The van der Waals surface area contributed by atoms with Crippen LogP contribution in [-0.2, 0) is 4.79 Å². The molecule has 206 valence electrons. The molecule has 3 heterocycles. The molecular formula is C29H25F3N4O4. The summed E-state index contributed by atoms with van der Waals surface area (Å²) >= 11 is 0. The lowest BCUT2D eigenvalue weighted by molar-refractivity contribution is -0.189. The number of nitrogen functional groups attached to an aromatic ring is 1. The maximum Gasteiger partial charge on any atom is 0.491 e. The zero-order valence-corrected chi connectivity index (χ0v) is 21.4. The summed E-state index contributed by atoms with van der Waals surface area (Å²) in [6.07, 6.45) is -0.821. The number of carbonyl (C=O) groups excluding carboxylic acids is 2. The molecule has 40 heavy (non-hydrogen) atoms. The number of methoxy groups -OCH3 is 1. The Hall–Kier alpha value is -4.67. The minimum Gasteiger partial charge on any atom is -0.481 e. The molecule has 8 nitrogen and oxygen atoms in total. The Bertz CT molecular complexity index is 1570. The highest BCUT2D eigenvalue weighted by Crippen LogP contribution is 2.34. The number of benzene rings is 2. The normalized spacial score (nSPS) is 14.2. The predicted octanol–water partition coefficient (Wildman–Crippen LogP) is 5.38. The third-order valence-corrected chi connectivity index (χ3v) is 7.00. The number of pyridine rings is 2. The average Bonchev–Trinajstić information content (AvgIpc) is 2.96. The molecule has 1 fully saturated rings. The maximum atomic E-state index is 13.4. The molecular weight excluding hydrogens is 525 g/mol. The van der Waals surface area contributed by atoms with E-state index in [1.54, 1.807) is 29.3 Å². The van der Waals surface area contributed by atoms with Crippen LogP contribution in [0.1, 0.15) is 34.7 Å². The van der Waals surface area contributed by atoms with Gasteiger partial charge in [0, 0.05) is 42.5 Å². The zero-order chi connectivity index (χ0) is 28.4. The number of halogens is 3. The zero-order valence-electron chi connectivity index (χ0n) is 21.4. The summed E-state index contributed by atoms with van der Waals surface area (Å²) in [7, 11) is 1.45. The summed E-state index contributed by atoms with van der Waals surface area (Å²) in [4.78, 5) is 35.0. The smallest absolute Gasteiger partial charge is 0.481 e. The number of carbonyl (C=O) groups is 2. The fraction of sp³-hybridized carbons (Fsp3) is 0.241. The van der Waals surface area contributed by atoms with E-state index in [1.807, 2.05) is 24.3 Å². The summed E-state index contributed by atoms with van der Waals surface area (Å²) < 4.78 is 48.9. The molecule has 1 aliphatic rings. The fourth-order valence-corrected chi connectivity index (χ4v) is 4.84. The Kier molecular flexibility index (Phi) is 7.29. The Balaban J connectivity index is 1.37. The topological polar surface area (TPSA) is 108 Å². The minimum absolute atomic E-state index is 0.133. The van der Waals surface area contributed by atoms with E-state index >= 15 is 0 Å². The first-order valence-corrected chi connectivity index (χ1v) is 12.5.